The fourth-order valence-electron chi connectivity index (χ4n) is 1.79. The molecule has 0 aromatic carbocycles. The zero-order valence-electron chi connectivity index (χ0n) is 7.55. The van der Waals surface area contributed by atoms with Crippen LogP contribution in [0.5, 0.6) is 0 Å². The van der Waals surface area contributed by atoms with E-state index < -0.39 is 0 Å². The molecule has 1 atom stereocenters. The Labute approximate surface area is 68.5 Å². The Bertz CT molecular complexity index is 189. The predicted octanol–water partition coefficient (Wildman–Crippen LogP) is 2.57. The second kappa shape index (κ2) is 2.80. The molecule has 11 heavy (non-hydrogen) atoms. The maximum absolute atomic E-state index is 10.5. The van der Waals surface area contributed by atoms with Crippen molar-refractivity contribution >= 4 is 6.29 Å². The Hall–Kier alpha value is -0.590. The first kappa shape index (κ1) is 8.51. The van der Waals surface area contributed by atoms with Crippen LogP contribution in [0.15, 0.2) is 11.6 Å². The third-order valence-electron chi connectivity index (χ3n) is 2.45. The molecular weight excluding hydrogens is 136 g/mol. The minimum absolute atomic E-state index is 0.395. The molecule has 0 aliphatic heterocycles. The number of carbonyl (C=O) groups is 1. The molecule has 0 saturated heterocycles. The van der Waals surface area contributed by atoms with Gasteiger partial charge in [-0.25, -0.2) is 0 Å². The van der Waals surface area contributed by atoms with Crippen molar-refractivity contribution in [3.8, 4) is 0 Å². The van der Waals surface area contributed by atoms with Crippen LogP contribution in [0.3, 0.4) is 0 Å². The Morgan fingerprint density at radius 3 is 2.73 bits per heavy atom. The highest BCUT2D eigenvalue weighted by Crippen LogP contribution is 2.36. The molecule has 0 amide bonds. The molecule has 1 rings (SSSR count). The molecule has 0 saturated carbocycles. The summed E-state index contributed by atoms with van der Waals surface area (Å²) >= 11 is 0. The van der Waals surface area contributed by atoms with Gasteiger partial charge in [-0.05, 0) is 29.7 Å². The van der Waals surface area contributed by atoms with E-state index in [0.717, 1.165) is 24.7 Å². The fraction of sp³-hybridized carbons (Fsp3) is 0.700. The van der Waals surface area contributed by atoms with Gasteiger partial charge in [-0.1, -0.05) is 26.8 Å². The maximum atomic E-state index is 10.5. The van der Waals surface area contributed by atoms with Crippen molar-refractivity contribution in [2.45, 2.75) is 33.6 Å². The van der Waals surface area contributed by atoms with E-state index >= 15 is 0 Å². The first-order valence-corrected chi connectivity index (χ1v) is 4.20. The molecule has 1 aliphatic rings. The molecule has 0 N–H and O–H groups in total. The Balaban J connectivity index is 2.75. The lowest BCUT2D eigenvalue weighted by atomic mass is 9.73. The first-order chi connectivity index (χ1) is 5.05. The molecule has 1 unspecified atom stereocenters. The monoisotopic (exact) mass is 152 g/mol. The summed E-state index contributed by atoms with van der Waals surface area (Å²) in [4.78, 5) is 10.5. The highest BCUT2D eigenvalue weighted by atomic mass is 16.1. The molecule has 0 spiro atoms. The van der Waals surface area contributed by atoms with Gasteiger partial charge in [0.05, 0.1) is 0 Å². The van der Waals surface area contributed by atoms with E-state index in [1.807, 2.05) is 0 Å². The number of carbonyl (C=O) groups excluding carboxylic acids is 1. The summed E-state index contributed by atoms with van der Waals surface area (Å²) in [6.07, 6.45) is 5.27. The largest absolute Gasteiger partial charge is 0.298 e. The lowest BCUT2D eigenvalue weighted by Gasteiger charge is -2.31. The van der Waals surface area contributed by atoms with Crippen molar-refractivity contribution in [3.05, 3.63) is 11.6 Å². The van der Waals surface area contributed by atoms with Crippen LogP contribution in [-0.2, 0) is 4.79 Å². The zero-order valence-corrected chi connectivity index (χ0v) is 7.55. The lowest BCUT2D eigenvalue weighted by Crippen LogP contribution is -2.21. The summed E-state index contributed by atoms with van der Waals surface area (Å²) in [5.74, 6) is 0.455. The van der Waals surface area contributed by atoms with Gasteiger partial charge in [0.25, 0.3) is 0 Å². The summed E-state index contributed by atoms with van der Waals surface area (Å²) in [5, 5.41) is 0. The molecule has 1 nitrogen and oxygen atoms in total. The van der Waals surface area contributed by atoms with Crippen molar-refractivity contribution in [2.75, 3.05) is 0 Å². The van der Waals surface area contributed by atoms with Crippen LogP contribution in [0.25, 0.3) is 0 Å². The van der Waals surface area contributed by atoms with Crippen molar-refractivity contribution in [1.82, 2.24) is 0 Å². The minimum atomic E-state index is 0.395. The second-order valence-corrected chi connectivity index (χ2v) is 4.30. The van der Waals surface area contributed by atoms with Crippen LogP contribution in [-0.4, -0.2) is 6.29 Å². The smallest absolute Gasteiger partial charge is 0.145 e. The topological polar surface area (TPSA) is 17.1 Å². The number of hydrogen-bond donors (Lipinski definition) is 0. The fourth-order valence-corrected chi connectivity index (χ4v) is 1.79. The highest BCUT2D eigenvalue weighted by Gasteiger charge is 2.26. The molecule has 0 aromatic rings. The van der Waals surface area contributed by atoms with E-state index in [-0.39, 0.29) is 0 Å². The summed E-state index contributed by atoms with van der Waals surface area (Å²) in [7, 11) is 0. The van der Waals surface area contributed by atoms with Gasteiger partial charge in [0.2, 0.25) is 0 Å². The predicted molar refractivity (Wildman–Crippen MR) is 46.3 cm³/mol. The third-order valence-corrected chi connectivity index (χ3v) is 2.45. The van der Waals surface area contributed by atoms with Gasteiger partial charge in [-0.3, -0.25) is 4.79 Å². The molecular formula is C10H16O. The summed E-state index contributed by atoms with van der Waals surface area (Å²) in [6.45, 7) is 6.63. The van der Waals surface area contributed by atoms with Crippen LogP contribution in [0.2, 0.25) is 0 Å². The van der Waals surface area contributed by atoms with Crippen LogP contribution in [0.4, 0.5) is 0 Å². The second-order valence-electron chi connectivity index (χ2n) is 4.30. The van der Waals surface area contributed by atoms with E-state index in [1.54, 1.807) is 0 Å². The molecule has 0 radical (unpaired) electrons. The lowest BCUT2D eigenvalue weighted by molar-refractivity contribution is -0.105. The van der Waals surface area contributed by atoms with Crippen molar-refractivity contribution in [2.24, 2.45) is 11.3 Å². The number of hydrogen-bond acceptors (Lipinski definition) is 1. The normalized spacial score (nSPS) is 29.4. The van der Waals surface area contributed by atoms with Gasteiger partial charge in [-0.15, -0.1) is 0 Å². The van der Waals surface area contributed by atoms with Crippen molar-refractivity contribution in [1.29, 1.82) is 0 Å². The summed E-state index contributed by atoms with van der Waals surface area (Å²) in [6, 6.07) is 0. The number of rotatable bonds is 1. The first-order valence-electron chi connectivity index (χ1n) is 4.20. The zero-order chi connectivity index (χ0) is 8.48. The average Bonchev–Trinajstić information content (AvgIpc) is 1.86. The van der Waals surface area contributed by atoms with Gasteiger partial charge >= 0.3 is 0 Å². The van der Waals surface area contributed by atoms with Crippen LogP contribution in [0, 0.1) is 11.3 Å². The van der Waals surface area contributed by atoms with Gasteiger partial charge in [0.1, 0.15) is 6.29 Å². The Morgan fingerprint density at radius 2 is 2.27 bits per heavy atom. The molecule has 1 heteroatoms. The molecule has 1 aliphatic carbocycles. The van der Waals surface area contributed by atoms with Gasteiger partial charge < -0.3 is 0 Å². The minimum Gasteiger partial charge on any atom is -0.298 e. The van der Waals surface area contributed by atoms with Crippen molar-refractivity contribution < 1.29 is 4.79 Å². The van der Waals surface area contributed by atoms with Gasteiger partial charge in [0, 0.05) is 0 Å². The highest BCUT2D eigenvalue weighted by molar-refractivity contribution is 5.74. The summed E-state index contributed by atoms with van der Waals surface area (Å²) in [5.41, 5.74) is 1.38. The average molecular weight is 152 g/mol. The summed E-state index contributed by atoms with van der Waals surface area (Å²) < 4.78 is 0. The van der Waals surface area contributed by atoms with E-state index in [4.69, 9.17) is 0 Å². The molecule has 0 fully saturated rings. The van der Waals surface area contributed by atoms with E-state index in [2.05, 4.69) is 26.8 Å². The molecule has 0 bridgehead atoms. The number of allylic oxidation sites excluding steroid dienone is 2. The van der Waals surface area contributed by atoms with Gasteiger partial charge in [0.15, 0.2) is 0 Å². The molecule has 0 heterocycles. The molecule has 0 aromatic heterocycles. The standard InChI is InChI=1S/C10H16O/c1-8-6-10(2,3)5-4-9(8)7-11/h4,7-8H,5-6H2,1-3H3. The van der Waals surface area contributed by atoms with Crippen LogP contribution in [0.1, 0.15) is 33.6 Å². The van der Waals surface area contributed by atoms with Crippen LogP contribution >= 0.6 is 0 Å². The van der Waals surface area contributed by atoms with E-state index in [9.17, 15) is 4.79 Å². The SMILES string of the molecule is CC1CC(C)(C)CC=C1C=O. The van der Waals surface area contributed by atoms with Crippen LogP contribution < -0.4 is 0 Å². The Kier molecular flexibility index (Phi) is 2.17. The van der Waals surface area contributed by atoms with E-state index in [1.165, 1.54) is 0 Å². The third kappa shape index (κ3) is 1.92. The maximum Gasteiger partial charge on any atom is 0.145 e. The van der Waals surface area contributed by atoms with Crippen molar-refractivity contribution in [3.63, 3.8) is 0 Å². The van der Waals surface area contributed by atoms with Gasteiger partial charge in [-0.2, -0.15) is 0 Å². The molecule has 62 valence electrons. The number of aldehydes is 1. The van der Waals surface area contributed by atoms with E-state index in [0.29, 0.717) is 11.3 Å². The quantitative estimate of drug-likeness (QED) is 0.528. The Morgan fingerprint density at radius 1 is 1.64 bits per heavy atom.